The van der Waals surface area contributed by atoms with Gasteiger partial charge in [0, 0.05) is 32.6 Å². The molecule has 0 unspecified atom stereocenters. The Balaban J connectivity index is 2.06. The molecule has 0 amide bonds. The number of fused-ring (bicyclic) bond motifs is 1. The third-order valence-electron chi connectivity index (χ3n) is 2.46. The Kier molecular flexibility index (Phi) is 3.24. The van der Waals surface area contributed by atoms with Crippen molar-refractivity contribution in [2.24, 2.45) is 0 Å². The SMILES string of the molecule is Cc1csc(Sc2ccnc3cc(Cl)ccc23)n1. The number of halogens is 1. The van der Waals surface area contributed by atoms with Gasteiger partial charge in [-0.05, 0) is 25.1 Å². The van der Waals surface area contributed by atoms with Gasteiger partial charge in [-0.3, -0.25) is 4.98 Å². The predicted octanol–water partition coefficient (Wildman–Crippen LogP) is 4.80. The zero-order chi connectivity index (χ0) is 12.5. The van der Waals surface area contributed by atoms with E-state index in [1.165, 1.54) is 0 Å². The summed E-state index contributed by atoms with van der Waals surface area (Å²) in [5, 5.41) is 3.88. The minimum absolute atomic E-state index is 0.710. The van der Waals surface area contributed by atoms with Crippen LogP contribution in [0.2, 0.25) is 5.02 Å². The van der Waals surface area contributed by atoms with E-state index in [4.69, 9.17) is 11.6 Å². The Hall–Kier alpha value is -1.10. The Labute approximate surface area is 118 Å². The molecule has 5 heteroatoms. The van der Waals surface area contributed by atoms with Crippen LogP contribution < -0.4 is 0 Å². The van der Waals surface area contributed by atoms with Crippen LogP contribution in [-0.4, -0.2) is 9.97 Å². The van der Waals surface area contributed by atoms with Gasteiger partial charge in [-0.25, -0.2) is 4.98 Å². The van der Waals surface area contributed by atoms with Crippen LogP contribution in [0.15, 0.2) is 45.1 Å². The highest BCUT2D eigenvalue weighted by atomic mass is 35.5. The van der Waals surface area contributed by atoms with Crippen molar-refractivity contribution in [3.8, 4) is 0 Å². The van der Waals surface area contributed by atoms with E-state index < -0.39 is 0 Å². The van der Waals surface area contributed by atoms with Crippen LogP contribution in [-0.2, 0) is 0 Å². The molecule has 2 aromatic heterocycles. The lowest BCUT2D eigenvalue weighted by atomic mass is 10.2. The topological polar surface area (TPSA) is 25.8 Å². The number of rotatable bonds is 2. The largest absolute Gasteiger partial charge is 0.256 e. The van der Waals surface area contributed by atoms with E-state index >= 15 is 0 Å². The zero-order valence-corrected chi connectivity index (χ0v) is 11.9. The van der Waals surface area contributed by atoms with Crippen molar-refractivity contribution in [2.75, 3.05) is 0 Å². The van der Waals surface area contributed by atoms with E-state index in [1.54, 1.807) is 23.1 Å². The summed E-state index contributed by atoms with van der Waals surface area (Å²) in [5.41, 5.74) is 1.98. The standard InChI is InChI=1S/C13H9ClN2S2/c1-8-7-17-13(16-8)18-12-4-5-15-11-6-9(14)2-3-10(11)12/h2-7H,1H3. The third-order valence-corrected chi connectivity index (χ3v) is 4.83. The average Bonchev–Trinajstić information content (AvgIpc) is 2.75. The number of benzene rings is 1. The van der Waals surface area contributed by atoms with Gasteiger partial charge in [0.25, 0.3) is 0 Å². The summed E-state index contributed by atoms with van der Waals surface area (Å²) < 4.78 is 1.05. The second-order valence-electron chi connectivity index (χ2n) is 3.83. The Morgan fingerprint density at radius 1 is 1.28 bits per heavy atom. The molecule has 0 aliphatic heterocycles. The summed E-state index contributed by atoms with van der Waals surface area (Å²) in [6.07, 6.45) is 1.81. The highest BCUT2D eigenvalue weighted by Gasteiger charge is 2.06. The first-order valence-corrected chi connectivity index (χ1v) is 7.44. The monoisotopic (exact) mass is 292 g/mol. The number of thiazole rings is 1. The summed E-state index contributed by atoms with van der Waals surface area (Å²) in [5.74, 6) is 0. The van der Waals surface area contributed by atoms with Gasteiger partial charge in [-0.1, -0.05) is 29.4 Å². The number of nitrogens with zero attached hydrogens (tertiary/aromatic N) is 2. The fourth-order valence-corrected chi connectivity index (χ4v) is 3.74. The smallest absolute Gasteiger partial charge is 0.154 e. The van der Waals surface area contributed by atoms with E-state index in [1.807, 2.05) is 37.4 Å². The number of aromatic nitrogens is 2. The van der Waals surface area contributed by atoms with Crippen LogP contribution in [0.25, 0.3) is 10.9 Å². The lowest BCUT2D eigenvalue weighted by Crippen LogP contribution is -1.82. The molecule has 0 aliphatic carbocycles. The van der Waals surface area contributed by atoms with E-state index in [0.717, 1.165) is 25.8 Å². The van der Waals surface area contributed by atoms with Crippen molar-refractivity contribution in [3.05, 3.63) is 46.6 Å². The van der Waals surface area contributed by atoms with E-state index in [0.29, 0.717) is 5.02 Å². The maximum atomic E-state index is 5.98. The van der Waals surface area contributed by atoms with Crippen molar-refractivity contribution < 1.29 is 0 Å². The number of pyridine rings is 1. The normalized spacial score (nSPS) is 11.0. The van der Waals surface area contributed by atoms with Crippen LogP contribution in [0.3, 0.4) is 0 Å². The molecule has 0 N–H and O–H groups in total. The summed E-state index contributed by atoms with van der Waals surface area (Å²) in [6.45, 7) is 2.00. The van der Waals surface area contributed by atoms with Crippen LogP contribution in [0, 0.1) is 6.92 Å². The van der Waals surface area contributed by atoms with Crippen molar-refractivity contribution in [2.45, 2.75) is 16.2 Å². The fraction of sp³-hybridized carbons (Fsp3) is 0.0769. The molecule has 1 aromatic carbocycles. The lowest BCUT2D eigenvalue weighted by Gasteiger charge is -2.03. The van der Waals surface area contributed by atoms with E-state index in [-0.39, 0.29) is 0 Å². The van der Waals surface area contributed by atoms with Crippen molar-refractivity contribution >= 4 is 45.6 Å². The number of hydrogen-bond acceptors (Lipinski definition) is 4. The van der Waals surface area contributed by atoms with Gasteiger partial charge >= 0.3 is 0 Å². The average molecular weight is 293 g/mol. The molecule has 0 bridgehead atoms. The molecule has 0 saturated heterocycles. The molecule has 0 radical (unpaired) electrons. The van der Waals surface area contributed by atoms with E-state index in [2.05, 4.69) is 15.3 Å². The van der Waals surface area contributed by atoms with Crippen LogP contribution >= 0.6 is 34.7 Å². The maximum Gasteiger partial charge on any atom is 0.154 e. The van der Waals surface area contributed by atoms with Crippen LogP contribution in [0.5, 0.6) is 0 Å². The molecular formula is C13H9ClN2S2. The van der Waals surface area contributed by atoms with Crippen molar-refractivity contribution in [1.29, 1.82) is 0 Å². The first-order chi connectivity index (χ1) is 8.72. The predicted molar refractivity (Wildman–Crippen MR) is 77.7 cm³/mol. The zero-order valence-electron chi connectivity index (χ0n) is 9.55. The molecule has 90 valence electrons. The molecular weight excluding hydrogens is 284 g/mol. The van der Waals surface area contributed by atoms with Gasteiger partial charge in [0.2, 0.25) is 0 Å². The van der Waals surface area contributed by atoms with E-state index in [9.17, 15) is 0 Å². The van der Waals surface area contributed by atoms with Gasteiger partial charge in [-0.15, -0.1) is 11.3 Å². The Bertz CT molecular complexity index is 709. The highest BCUT2D eigenvalue weighted by Crippen LogP contribution is 2.34. The van der Waals surface area contributed by atoms with Gasteiger partial charge in [0.1, 0.15) is 0 Å². The Morgan fingerprint density at radius 3 is 2.94 bits per heavy atom. The van der Waals surface area contributed by atoms with Crippen LogP contribution in [0.4, 0.5) is 0 Å². The summed E-state index contributed by atoms with van der Waals surface area (Å²) >= 11 is 9.31. The molecule has 2 nitrogen and oxygen atoms in total. The molecule has 0 spiro atoms. The van der Waals surface area contributed by atoms with Gasteiger partial charge in [-0.2, -0.15) is 0 Å². The quantitative estimate of drug-likeness (QED) is 0.678. The molecule has 18 heavy (non-hydrogen) atoms. The molecule has 0 aliphatic rings. The summed E-state index contributed by atoms with van der Waals surface area (Å²) in [7, 11) is 0. The second kappa shape index (κ2) is 4.88. The molecule has 3 rings (SSSR count). The first kappa shape index (κ1) is 12.0. The van der Waals surface area contributed by atoms with Gasteiger partial charge < -0.3 is 0 Å². The third kappa shape index (κ3) is 2.36. The first-order valence-electron chi connectivity index (χ1n) is 5.36. The minimum Gasteiger partial charge on any atom is -0.256 e. The fourth-order valence-electron chi connectivity index (χ4n) is 1.66. The molecule has 0 fully saturated rings. The molecule has 0 saturated carbocycles. The molecule has 0 atom stereocenters. The second-order valence-corrected chi connectivity index (χ2v) is 6.41. The number of hydrogen-bond donors (Lipinski definition) is 0. The van der Waals surface area contributed by atoms with Crippen molar-refractivity contribution in [1.82, 2.24) is 9.97 Å². The van der Waals surface area contributed by atoms with Crippen LogP contribution in [0.1, 0.15) is 5.69 Å². The lowest BCUT2D eigenvalue weighted by molar-refractivity contribution is 1.16. The van der Waals surface area contributed by atoms with Crippen molar-refractivity contribution in [3.63, 3.8) is 0 Å². The summed E-state index contributed by atoms with van der Waals surface area (Å²) in [4.78, 5) is 9.96. The Morgan fingerprint density at radius 2 is 2.17 bits per heavy atom. The molecule has 3 aromatic rings. The molecule has 2 heterocycles. The maximum absolute atomic E-state index is 5.98. The number of aryl methyl sites for hydroxylation is 1. The summed E-state index contributed by atoms with van der Waals surface area (Å²) in [6, 6.07) is 7.79. The van der Waals surface area contributed by atoms with Gasteiger partial charge in [0.15, 0.2) is 4.34 Å². The van der Waals surface area contributed by atoms with Gasteiger partial charge in [0.05, 0.1) is 5.52 Å². The minimum atomic E-state index is 0.710. The highest BCUT2D eigenvalue weighted by molar-refractivity contribution is 8.01.